The van der Waals surface area contributed by atoms with E-state index in [1.165, 1.54) is 105 Å². The maximum atomic E-state index is 12.5. The first kappa shape index (κ1) is 121. The molecule has 1 fully saturated rings. The summed E-state index contributed by atoms with van der Waals surface area (Å²) in [4.78, 5) is 186. The molecule has 770 valence electrons. The molecule has 0 saturated carbocycles. The quantitative estimate of drug-likeness (QED) is 0.0388. The molecule has 143 heavy (non-hydrogen) atoms. The van der Waals surface area contributed by atoms with E-state index in [0.29, 0.717) is 91.4 Å². The molecule has 0 bridgehead atoms. The zero-order valence-corrected chi connectivity index (χ0v) is 91.1. The molecule has 0 aliphatic carbocycles. The second-order valence-electron chi connectivity index (χ2n) is 34.1. The number of amides is 4. The molecule has 10 aromatic heterocycles. The van der Waals surface area contributed by atoms with Crippen LogP contribution >= 0.6 is 94.2 Å². The number of hydrogen-bond acceptors (Lipinski definition) is 29. The highest BCUT2D eigenvalue weighted by Crippen LogP contribution is 2.37. The van der Waals surface area contributed by atoms with Crippen LogP contribution in [0.4, 0.5) is 9.59 Å². The average Bonchev–Trinajstić information content (AvgIpc) is 1.74. The van der Waals surface area contributed by atoms with Crippen LogP contribution in [0.25, 0.3) is 27.6 Å². The number of nitrogens with two attached hydrogens (primary N) is 1. The Morgan fingerprint density at radius 3 is 1.37 bits per heavy atom. The van der Waals surface area contributed by atoms with E-state index < -0.39 is 65.4 Å². The summed E-state index contributed by atoms with van der Waals surface area (Å²) in [6.45, 7) is 23.3. The summed E-state index contributed by atoms with van der Waals surface area (Å²) in [6, 6.07) is 12.5. The van der Waals surface area contributed by atoms with E-state index in [-0.39, 0.29) is 106 Å². The van der Waals surface area contributed by atoms with Crippen LogP contribution in [-0.2, 0) is 126 Å². The van der Waals surface area contributed by atoms with E-state index in [4.69, 9.17) is 79.8 Å². The molecule has 6 N–H and O–H groups in total. The second kappa shape index (κ2) is 55.1. The first-order chi connectivity index (χ1) is 67.0. The van der Waals surface area contributed by atoms with Crippen LogP contribution in [0, 0.1) is 0 Å². The van der Waals surface area contributed by atoms with Gasteiger partial charge in [-0.05, 0) is 209 Å². The van der Waals surface area contributed by atoms with Gasteiger partial charge in [0.2, 0.25) is 0 Å². The van der Waals surface area contributed by atoms with Crippen molar-refractivity contribution >= 4 is 183 Å². The number of hydrogen-bond donors (Lipinski definition) is 5. The van der Waals surface area contributed by atoms with Crippen LogP contribution in [-0.4, -0.2) is 214 Å². The van der Waals surface area contributed by atoms with Crippen LogP contribution < -0.4 is 49.5 Å². The Morgan fingerprint density at radius 2 is 0.909 bits per heavy atom. The number of pyridine rings is 10. The molecule has 39 nitrogen and oxygen atoms in total. The number of allylic oxidation sites excluding steroid dienone is 2. The normalized spacial score (nSPS) is 14.8. The molecule has 0 radical (unpaired) electrons. The zero-order valence-electron chi connectivity index (χ0n) is 83.3. The summed E-state index contributed by atoms with van der Waals surface area (Å²) in [6.07, 6.45) is 20.9. The van der Waals surface area contributed by atoms with Crippen molar-refractivity contribution in [1.82, 2.24) is 73.5 Å². The van der Waals surface area contributed by atoms with E-state index >= 15 is 0 Å². The molecule has 0 aromatic carbocycles. The Balaban J connectivity index is 0.000000286. The van der Waals surface area contributed by atoms with Gasteiger partial charge in [0.25, 0.3) is 39.6 Å². The number of aromatic carboxylic acids is 1. The van der Waals surface area contributed by atoms with Gasteiger partial charge in [-0.3, -0.25) is 53.5 Å². The lowest BCUT2D eigenvalue weighted by Gasteiger charge is -2.36. The number of nitrogens with one attached hydrogen (secondary N) is 3. The summed E-state index contributed by atoms with van der Waals surface area (Å²) < 4.78 is 50.1. The van der Waals surface area contributed by atoms with Gasteiger partial charge in [-0.15, -0.1) is 0 Å². The average molecular weight is 2250 g/mol. The van der Waals surface area contributed by atoms with Gasteiger partial charge >= 0.3 is 49.2 Å². The lowest BCUT2D eigenvalue weighted by atomic mass is 9.90. The number of ether oxygens (including phenoxy) is 6. The minimum Gasteiger partial charge on any atom is -0.478 e. The number of halogens is 7. The van der Waals surface area contributed by atoms with Crippen LogP contribution in [0.1, 0.15) is 164 Å². The van der Waals surface area contributed by atoms with E-state index in [0.717, 1.165) is 22.1 Å². The third-order valence-electron chi connectivity index (χ3n) is 21.3. The molecule has 1 saturated heterocycles. The number of esters is 4. The SMILES string of the molecule is C/C=C/B1OC(C)(C)C(C)(C)O1.C/C=C/c1cnc(Cl)cc1C(=O)NC.CN.CNC(=O)c1cc(Cl)ncc1Br.COC(=O)C1Cc2c(c(Br)cn(C)c2=O)CN1C(=O)OC(C)(C)C.COC(=O)C1Cc2c(ccn(C)c2=O)CN1.COC(=O)C1Cc2c(ccn(C)c2=O)CN1C(=O)OC(C)(C)C.COC(=O)c1cc2c(=O)n(C)ccc2cn1.Cn1ccc2cnc(Cl)cc2c1=O.O=C(O)c1cc(Cl)ncc1Br. The van der Waals surface area contributed by atoms with E-state index in [1.54, 1.807) is 159 Å². The molecule has 0 spiro atoms. The molecule has 3 unspecified atom stereocenters. The topological polar surface area (TPSA) is 491 Å². The van der Waals surface area contributed by atoms with Crippen molar-refractivity contribution in [3.8, 4) is 0 Å². The molecule has 4 aliphatic rings. The Kier molecular flexibility index (Phi) is 46.7. The number of methoxy groups -OCH3 is 4. The first-order valence-corrected chi connectivity index (χ1v) is 47.3. The lowest BCUT2D eigenvalue weighted by Crippen LogP contribution is -2.52. The fraction of sp³-hybridized carbons (Fsp3) is 0.385. The molecule has 3 atom stereocenters. The highest BCUT2D eigenvalue weighted by Gasteiger charge is 2.50. The summed E-state index contributed by atoms with van der Waals surface area (Å²) >= 11 is 32.1. The van der Waals surface area contributed by atoms with Crippen molar-refractivity contribution in [1.29, 1.82) is 0 Å². The van der Waals surface area contributed by atoms with Gasteiger partial charge in [0.05, 0.1) is 84.7 Å². The maximum Gasteiger partial charge on any atom is 0.486 e. The van der Waals surface area contributed by atoms with Gasteiger partial charge in [-0.2, -0.15) is 0 Å². The Labute approximate surface area is 871 Å². The van der Waals surface area contributed by atoms with Gasteiger partial charge in [0.1, 0.15) is 55.6 Å². The number of carboxylic acids is 1. The lowest BCUT2D eigenvalue weighted by molar-refractivity contribution is -0.148. The number of nitrogens with zero attached hydrogens (tertiary/aromatic N) is 12. The van der Waals surface area contributed by atoms with E-state index in [9.17, 15) is 67.1 Å². The summed E-state index contributed by atoms with van der Waals surface area (Å²) in [5.41, 5.74) is 8.24. The minimum atomic E-state index is -1.03. The highest BCUT2D eigenvalue weighted by molar-refractivity contribution is 9.11. The summed E-state index contributed by atoms with van der Waals surface area (Å²) in [5, 5.41) is 20.4. The number of carbonyl (C=O) groups excluding carboxylic acids is 8. The molecule has 4 amide bonds. The molecule has 10 aromatic rings. The van der Waals surface area contributed by atoms with Crippen molar-refractivity contribution in [3.63, 3.8) is 0 Å². The summed E-state index contributed by atoms with van der Waals surface area (Å²) in [7, 11) is 17.9. The van der Waals surface area contributed by atoms with Gasteiger partial charge in [-0.25, -0.2) is 53.7 Å². The molecule has 14 rings (SSSR count). The molecular weight excluding hydrogens is 2140 g/mol. The van der Waals surface area contributed by atoms with Crippen molar-refractivity contribution in [2.24, 2.45) is 41.0 Å². The number of carboxylic acid groups (broad SMARTS) is 1. The number of aryl methyl sites for hydroxylation is 5. The van der Waals surface area contributed by atoms with Crippen molar-refractivity contribution < 1.29 is 86.0 Å². The third-order valence-corrected chi connectivity index (χ3v) is 24.1. The fourth-order valence-corrected chi connectivity index (χ4v) is 15.3. The second-order valence-corrected chi connectivity index (χ2v) is 38.2. The maximum absolute atomic E-state index is 12.5. The molecular formula is C96H116BBr3Cl4N16O23. The minimum absolute atomic E-state index is 0.0343. The molecule has 14 heterocycles. The van der Waals surface area contributed by atoms with E-state index in [1.807, 2.05) is 50.2 Å². The molecule has 4 aliphatic heterocycles. The Morgan fingerprint density at radius 1 is 0.503 bits per heavy atom. The standard InChI is InChI=1S/C16H21BrN2O5.C16H22N2O5.C11H14N2O3.C11H10N2O3.C10H11ClN2O.C9H17BO2.C9H7ClN2O.C7H6BrClN2O.C6H3BrClNO2.CH5N/c1-16(2,3)24-15(22)19-7-10-9(6-12(19)14(21)23-5)13(20)18(4)8-11(10)17;1-16(2,3)23-15(21)18-9-10-6-7-17(4)13(19)11(10)8-12(18)14(20)22-5;2*1-13-4-3-7-6-12-9(11(15)16-2)5-8(7)10(13)14;1-3-4-7-6-13-9(11)5-8(7)10(14)12-2;1-6-7-10-11-8(2,3)9(4,5)12-10;1-12-3-2-6-5-11-8(10)4-7(6)9(12)13;1-10-7(12)4-2-6(9)11-3-5(4)8;7-4-2-9-5(8)1-3(4)6(10)11;1-2/h8,12H,6-7H2,1-5H3;6-7,12H,8-9H2,1-5H3;3-4,9,12H,5-6H2,1-2H3;3-6H,1-2H3;3-6H,1-2H3,(H,12,14);6-7H,1-5H3;2-5H,1H3;2-3H,1H3,(H,10,12);1-2H,(H,10,11);2H2,1H3/b;;;;4-3+;7-6+;;;;. The van der Waals surface area contributed by atoms with Crippen LogP contribution in [0.5, 0.6) is 0 Å². The van der Waals surface area contributed by atoms with Gasteiger partial charge in [-0.1, -0.05) is 70.6 Å². The monoisotopic (exact) mass is 2250 g/mol. The summed E-state index contributed by atoms with van der Waals surface area (Å²) in [5.74, 6) is -1.46. The largest absolute Gasteiger partial charge is 0.486 e. The highest BCUT2D eigenvalue weighted by atomic mass is 79.9. The third kappa shape index (κ3) is 34.3. The Hall–Kier alpha value is -12.2. The van der Waals surface area contributed by atoms with Crippen LogP contribution in [0.3, 0.4) is 0 Å². The van der Waals surface area contributed by atoms with Crippen molar-refractivity contribution in [3.05, 3.63) is 282 Å². The smallest absolute Gasteiger partial charge is 0.478 e. The van der Waals surface area contributed by atoms with Gasteiger partial charge in [0, 0.05) is 179 Å². The number of carbonyl (C=O) groups is 9. The number of aromatic nitrogens is 10. The first-order valence-electron chi connectivity index (χ1n) is 43.4. The van der Waals surface area contributed by atoms with Crippen molar-refractivity contribution in [2.75, 3.05) is 49.6 Å². The van der Waals surface area contributed by atoms with Gasteiger partial charge < -0.3 is 82.0 Å². The van der Waals surface area contributed by atoms with E-state index in [2.05, 4.69) is 132 Å². The van der Waals surface area contributed by atoms with Crippen molar-refractivity contribution in [2.45, 2.75) is 163 Å². The molecule has 47 heteroatoms. The Bertz CT molecular complexity index is 6660. The zero-order chi connectivity index (χ0) is 108. The predicted molar refractivity (Wildman–Crippen MR) is 555 cm³/mol. The van der Waals surface area contributed by atoms with Gasteiger partial charge in [0.15, 0.2) is 0 Å². The number of fused-ring (bicyclic) bond motifs is 5. The van der Waals surface area contributed by atoms with Crippen LogP contribution in [0.2, 0.25) is 20.6 Å². The number of rotatable bonds is 9. The predicted octanol–water partition coefficient (Wildman–Crippen LogP) is 13.0. The fourth-order valence-electron chi connectivity index (χ4n) is 13.2. The van der Waals surface area contributed by atoms with Crippen LogP contribution in [0.15, 0.2) is 172 Å².